The van der Waals surface area contributed by atoms with Crippen LogP contribution in [0.2, 0.25) is 0 Å². The van der Waals surface area contributed by atoms with Gasteiger partial charge in [0.25, 0.3) is 5.91 Å². The number of anilines is 1. The van der Waals surface area contributed by atoms with Crippen molar-refractivity contribution in [3.05, 3.63) is 65.2 Å². The number of nitrogens with zero attached hydrogens (tertiary/aromatic N) is 2. The zero-order valence-electron chi connectivity index (χ0n) is 18.2. The van der Waals surface area contributed by atoms with Crippen LogP contribution in [0.4, 0.5) is 5.69 Å². The van der Waals surface area contributed by atoms with E-state index in [1.807, 2.05) is 31.2 Å². The number of carbonyl (C=O) groups is 1. The molecule has 3 rings (SSSR count). The van der Waals surface area contributed by atoms with Gasteiger partial charge in [0.15, 0.2) is 5.96 Å². The molecule has 3 N–H and O–H groups in total. The van der Waals surface area contributed by atoms with E-state index in [1.54, 1.807) is 7.05 Å². The molecule has 0 aliphatic carbocycles. The van der Waals surface area contributed by atoms with E-state index < -0.39 is 0 Å². The van der Waals surface area contributed by atoms with Crippen molar-refractivity contribution in [3.63, 3.8) is 0 Å². The highest BCUT2D eigenvalue weighted by molar-refractivity contribution is 5.94. The smallest absolute Gasteiger partial charge is 0.251 e. The van der Waals surface area contributed by atoms with E-state index in [1.165, 1.54) is 24.1 Å². The average Bonchev–Trinajstić information content (AvgIpc) is 3.32. The predicted molar refractivity (Wildman–Crippen MR) is 124 cm³/mol. The van der Waals surface area contributed by atoms with Gasteiger partial charge in [0.05, 0.1) is 6.04 Å². The van der Waals surface area contributed by atoms with Crippen molar-refractivity contribution in [2.45, 2.75) is 39.3 Å². The standard InChI is InChI=1S/C24H33N5O/c1-4-26-23(30)20-12-10-19(11-13-20)17-27-24(25-3)28-18(2)21-8-7-9-22(16-21)29-14-5-6-15-29/h7-13,16,18H,4-6,14-15,17H2,1-3H3,(H,26,30)(H2,25,27,28). The number of hydrogen-bond acceptors (Lipinski definition) is 3. The molecule has 1 fully saturated rings. The molecule has 30 heavy (non-hydrogen) atoms. The Labute approximate surface area is 179 Å². The minimum Gasteiger partial charge on any atom is -0.372 e. The average molecular weight is 408 g/mol. The van der Waals surface area contributed by atoms with E-state index in [4.69, 9.17) is 0 Å². The summed E-state index contributed by atoms with van der Waals surface area (Å²) in [5, 5.41) is 9.64. The molecule has 6 nitrogen and oxygen atoms in total. The first-order valence-corrected chi connectivity index (χ1v) is 10.8. The summed E-state index contributed by atoms with van der Waals surface area (Å²) in [7, 11) is 1.78. The van der Waals surface area contributed by atoms with Gasteiger partial charge in [-0.1, -0.05) is 24.3 Å². The zero-order chi connectivity index (χ0) is 21.3. The number of hydrogen-bond donors (Lipinski definition) is 3. The topological polar surface area (TPSA) is 68.8 Å². The van der Waals surface area contributed by atoms with Crippen LogP contribution in [0.1, 0.15) is 54.2 Å². The summed E-state index contributed by atoms with van der Waals surface area (Å²) < 4.78 is 0. The van der Waals surface area contributed by atoms with Crippen LogP contribution in [0.25, 0.3) is 0 Å². The largest absolute Gasteiger partial charge is 0.372 e. The van der Waals surface area contributed by atoms with Crippen LogP contribution in [-0.2, 0) is 6.54 Å². The van der Waals surface area contributed by atoms with Crippen LogP contribution in [0, 0.1) is 0 Å². The predicted octanol–water partition coefficient (Wildman–Crippen LogP) is 3.46. The Bertz CT molecular complexity index is 856. The zero-order valence-corrected chi connectivity index (χ0v) is 18.2. The van der Waals surface area contributed by atoms with Gasteiger partial charge in [0.1, 0.15) is 0 Å². The number of rotatable bonds is 7. The lowest BCUT2D eigenvalue weighted by Crippen LogP contribution is -2.38. The molecule has 1 atom stereocenters. The first-order chi connectivity index (χ1) is 14.6. The van der Waals surface area contributed by atoms with Gasteiger partial charge in [-0.3, -0.25) is 9.79 Å². The molecule has 0 spiro atoms. The van der Waals surface area contributed by atoms with Gasteiger partial charge >= 0.3 is 0 Å². The maximum atomic E-state index is 11.9. The molecule has 6 heteroatoms. The molecule has 1 aliphatic heterocycles. The number of carbonyl (C=O) groups excluding carboxylic acids is 1. The highest BCUT2D eigenvalue weighted by atomic mass is 16.1. The number of guanidine groups is 1. The Hall–Kier alpha value is -3.02. The van der Waals surface area contributed by atoms with Crippen LogP contribution >= 0.6 is 0 Å². The maximum absolute atomic E-state index is 11.9. The lowest BCUT2D eigenvalue weighted by Gasteiger charge is -2.22. The summed E-state index contributed by atoms with van der Waals surface area (Å²) in [6.07, 6.45) is 2.55. The highest BCUT2D eigenvalue weighted by Gasteiger charge is 2.14. The normalized spacial score (nSPS) is 15.0. The fourth-order valence-electron chi connectivity index (χ4n) is 3.67. The Morgan fingerprint density at radius 1 is 1.10 bits per heavy atom. The summed E-state index contributed by atoms with van der Waals surface area (Å²) in [5.74, 6) is 0.710. The molecule has 1 saturated heterocycles. The molecule has 2 aromatic carbocycles. The van der Waals surface area contributed by atoms with Gasteiger partial charge in [-0.25, -0.2) is 0 Å². The second-order valence-corrected chi connectivity index (χ2v) is 7.64. The maximum Gasteiger partial charge on any atom is 0.251 e. The summed E-state index contributed by atoms with van der Waals surface area (Å²) in [6, 6.07) is 16.5. The van der Waals surface area contributed by atoms with Crippen LogP contribution in [0.5, 0.6) is 0 Å². The highest BCUT2D eigenvalue weighted by Crippen LogP contribution is 2.23. The summed E-state index contributed by atoms with van der Waals surface area (Å²) in [6.45, 7) is 7.62. The SMILES string of the molecule is CCNC(=O)c1ccc(CNC(=NC)NC(C)c2cccc(N3CCCC3)c2)cc1. The minimum atomic E-state index is -0.0422. The molecule has 0 aromatic heterocycles. The number of amides is 1. The van der Waals surface area contributed by atoms with Crippen molar-refractivity contribution in [2.75, 3.05) is 31.6 Å². The number of nitrogens with one attached hydrogen (secondary N) is 3. The van der Waals surface area contributed by atoms with Gasteiger partial charge in [0.2, 0.25) is 0 Å². The van der Waals surface area contributed by atoms with Gasteiger partial charge in [-0.15, -0.1) is 0 Å². The second kappa shape index (κ2) is 10.7. The van der Waals surface area contributed by atoms with Gasteiger partial charge in [0, 0.05) is 44.5 Å². The third kappa shape index (κ3) is 5.75. The summed E-state index contributed by atoms with van der Waals surface area (Å²) in [4.78, 5) is 18.7. The number of benzene rings is 2. The van der Waals surface area contributed by atoms with Crippen LogP contribution in [-0.4, -0.2) is 38.5 Å². The van der Waals surface area contributed by atoms with E-state index in [0.29, 0.717) is 18.7 Å². The van der Waals surface area contributed by atoms with Crippen LogP contribution < -0.4 is 20.9 Å². The Kier molecular flexibility index (Phi) is 7.71. The van der Waals surface area contributed by atoms with E-state index in [2.05, 4.69) is 57.0 Å². The lowest BCUT2D eigenvalue weighted by molar-refractivity contribution is 0.0956. The molecule has 1 heterocycles. The van der Waals surface area contributed by atoms with E-state index >= 15 is 0 Å². The molecule has 160 valence electrons. The Morgan fingerprint density at radius 2 is 1.83 bits per heavy atom. The van der Waals surface area contributed by atoms with Gasteiger partial charge in [-0.05, 0) is 62.1 Å². The molecule has 0 radical (unpaired) electrons. The first-order valence-electron chi connectivity index (χ1n) is 10.8. The van der Waals surface area contributed by atoms with Gasteiger partial charge < -0.3 is 20.9 Å². The van der Waals surface area contributed by atoms with Crippen molar-refractivity contribution in [1.82, 2.24) is 16.0 Å². The monoisotopic (exact) mass is 407 g/mol. The van der Waals surface area contributed by atoms with E-state index in [0.717, 1.165) is 24.6 Å². The minimum absolute atomic E-state index is 0.0422. The third-order valence-corrected chi connectivity index (χ3v) is 5.43. The van der Waals surface area contributed by atoms with Crippen molar-refractivity contribution in [1.29, 1.82) is 0 Å². The first kappa shape index (κ1) is 21.7. The molecule has 1 aliphatic rings. The Balaban J connectivity index is 1.55. The third-order valence-electron chi connectivity index (χ3n) is 5.43. The van der Waals surface area contributed by atoms with Crippen LogP contribution in [0.3, 0.4) is 0 Å². The van der Waals surface area contributed by atoms with Crippen LogP contribution in [0.15, 0.2) is 53.5 Å². The van der Waals surface area contributed by atoms with Crippen molar-refractivity contribution in [3.8, 4) is 0 Å². The van der Waals surface area contributed by atoms with E-state index in [-0.39, 0.29) is 11.9 Å². The summed E-state index contributed by atoms with van der Waals surface area (Å²) in [5.41, 5.74) is 4.31. The fraction of sp³-hybridized carbons (Fsp3) is 0.417. The number of aliphatic imine (C=N–C) groups is 1. The molecule has 1 amide bonds. The fourth-order valence-corrected chi connectivity index (χ4v) is 3.67. The molecular weight excluding hydrogens is 374 g/mol. The summed E-state index contributed by atoms with van der Waals surface area (Å²) >= 11 is 0. The van der Waals surface area contributed by atoms with Crippen molar-refractivity contribution < 1.29 is 4.79 Å². The molecule has 2 aromatic rings. The molecule has 0 bridgehead atoms. The van der Waals surface area contributed by atoms with Gasteiger partial charge in [-0.2, -0.15) is 0 Å². The Morgan fingerprint density at radius 3 is 2.50 bits per heavy atom. The van der Waals surface area contributed by atoms with E-state index in [9.17, 15) is 4.79 Å². The lowest BCUT2D eigenvalue weighted by atomic mass is 10.1. The molecule has 0 saturated carbocycles. The second-order valence-electron chi connectivity index (χ2n) is 7.64. The van der Waals surface area contributed by atoms with Crippen molar-refractivity contribution in [2.24, 2.45) is 4.99 Å². The molecule has 1 unspecified atom stereocenters. The molecular formula is C24H33N5O. The quantitative estimate of drug-likeness (QED) is 0.486. The van der Waals surface area contributed by atoms with Crippen molar-refractivity contribution >= 4 is 17.6 Å².